The minimum Gasteiger partial charge on any atom is -0.309 e. The van der Waals surface area contributed by atoms with Crippen molar-refractivity contribution in [3.63, 3.8) is 0 Å². The molecule has 0 amide bonds. The summed E-state index contributed by atoms with van der Waals surface area (Å²) in [6.45, 7) is 0. The van der Waals surface area contributed by atoms with Gasteiger partial charge in [-0.1, -0.05) is 194 Å². The lowest BCUT2D eigenvalue weighted by atomic mass is 9.62. The Labute approximate surface area is 385 Å². The molecule has 0 saturated carbocycles. The summed E-state index contributed by atoms with van der Waals surface area (Å²) >= 11 is 0. The number of benzene rings is 9. The summed E-state index contributed by atoms with van der Waals surface area (Å²) in [6, 6.07) is 91.2. The maximum absolute atomic E-state index is 10.4. The van der Waals surface area contributed by atoms with Crippen molar-refractivity contribution in [2.75, 3.05) is 9.80 Å². The van der Waals surface area contributed by atoms with E-state index in [1.165, 1.54) is 44.5 Å². The normalized spacial score (nSPS) is 13.9. The summed E-state index contributed by atoms with van der Waals surface area (Å²) < 4.78 is 0. The van der Waals surface area contributed by atoms with E-state index in [4.69, 9.17) is 4.98 Å². The molecule has 310 valence electrons. The van der Waals surface area contributed by atoms with Crippen LogP contribution in [0.4, 0.5) is 34.3 Å². The second kappa shape index (κ2) is 15.8. The Balaban J connectivity index is 1.03. The van der Waals surface area contributed by atoms with E-state index in [9.17, 15) is 5.26 Å². The molecule has 12 rings (SSSR count). The van der Waals surface area contributed by atoms with Crippen molar-refractivity contribution in [2.24, 2.45) is 0 Å². The van der Waals surface area contributed by atoms with Gasteiger partial charge in [0.2, 0.25) is 0 Å². The third-order valence-electron chi connectivity index (χ3n) is 13.7. The molecular formula is C62H42N4. The summed E-state index contributed by atoms with van der Waals surface area (Å²) in [7, 11) is 0. The van der Waals surface area contributed by atoms with E-state index in [0.29, 0.717) is 5.56 Å². The molecule has 0 spiro atoms. The van der Waals surface area contributed by atoms with Gasteiger partial charge in [0.1, 0.15) is 5.82 Å². The number of fused-ring (bicyclic) bond motifs is 4. The SMILES string of the molecule is N#Cc1ccc(N2c3ccccc3C(c3ccccc3)(c3ccccc3)c3ccccc32)c(-c2ccc(N3c4ccccc4C(c4ccccc4)(c4ccccc4)c4ccccc43)nc2)c1. The van der Waals surface area contributed by atoms with Crippen molar-refractivity contribution >= 4 is 34.3 Å². The number of nitrogens with zero attached hydrogens (tertiary/aromatic N) is 4. The van der Waals surface area contributed by atoms with Gasteiger partial charge >= 0.3 is 0 Å². The topological polar surface area (TPSA) is 43.2 Å². The molecule has 0 atom stereocenters. The first-order valence-corrected chi connectivity index (χ1v) is 22.4. The van der Waals surface area contributed by atoms with Crippen LogP contribution in [0.1, 0.15) is 50.1 Å². The summed E-state index contributed by atoms with van der Waals surface area (Å²) in [5.74, 6) is 0.801. The fourth-order valence-corrected chi connectivity index (χ4v) is 11.0. The summed E-state index contributed by atoms with van der Waals surface area (Å²) in [5.41, 5.74) is 16.0. The largest absolute Gasteiger partial charge is 0.309 e. The summed E-state index contributed by atoms with van der Waals surface area (Å²) in [6.07, 6.45) is 1.97. The fourth-order valence-electron chi connectivity index (χ4n) is 11.0. The standard InChI is InChI=1S/C62H42N4/c63-42-44-37-39-55(65-56-33-17-13-29-51(56)61(46-21-5-1-6-22-46,47-23-7-2-8-24-47)52-30-14-18-34-57(52)65)50(41-44)45-38-40-60(64-43-45)66-58-35-19-15-31-53(58)62(48-25-9-3-10-26-48,49-27-11-4-12-28-49)54-32-16-20-36-59(54)66/h1-41,43H. The van der Waals surface area contributed by atoms with E-state index in [-0.39, 0.29) is 0 Å². The quantitative estimate of drug-likeness (QED) is 0.160. The van der Waals surface area contributed by atoms with Gasteiger partial charge in [0.25, 0.3) is 0 Å². The number of aromatic nitrogens is 1. The number of pyridine rings is 1. The molecule has 0 fully saturated rings. The van der Waals surface area contributed by atoms with Gasteiger partial charge in [-0.2, -0.15) is 5.26 Å². The molecule has 0 aliphatic carbocycles. The Morgan fingerprint density at radius 3 is 1.08 bits per heavy atom. The van der Waals surface area contributed by atoms with Gasteiger partial charge in [-0.05, 0) is 99.1 Å². The molecule has 3 heterocycles. The van der Waals surface area contributed by atoms with E-state index in [1.807, 2.05) is 18.3 Å². The van der Waals surface area contributed by atoms with Crippen molar-refractivity contribution in [2.45, 2.75) is 10.8 Å². The Bertz CT molecular complexity index is 3260. The zero-order chi connectivity index (χ0) is 44.1. The molecule has 1 aromatic heterocycles. The van der Waals surface area contributed by atoms with Crippen LogP contribution in [0.25, 0.3) is 11.1 Å². The van der Waals surface area contributed by atoms with Crippen LogP contribution in [-0.4, -0.2) is 4.98 Å². The van der Waals surface area contributed by atoms with Crippen LogP contribution in [0, 0.1) is 11.3 Å². The molecule has 4 heteroatoms. The highest BCUT2D eigenvalue weighted by Crippen LogP contribution is 2.60. The minimum atomic E-state index is -0.595. The van der Waals surface area contributed by atoms with Crippen molar-refractivity contribution in [1.29, 1.82) is 5.26 Å². The van der Waals surface area contributed by atoms with E-state index in [0.717, 1.165) is 45.4 Å². The highest BCUT2D eigenvalue weighted by atomic mass is 15.2. The molecule has 2 aliphatic rings. The van der Waals surface area contributed by atoms with Crippen LogP contribution in [0.5, 0.6) is 0 Å². The molecule has 0 radical (unpaired) electrons. The summed E-state index contributed by atoms with van der Waals surface area (Å²) in [4.78, 5) is 10.0. The number of anilines is 6. The monoisotopic (exact) mass is 842 g/mol. The van der Waals surface area contributed by atoms with Crippen LogP contribution in [0.2, 0.25) is 0 Å². The van der Waals surface area contributed by atoms with Gasteiger partial charge in [0.15, 0.2) is 0 Å². The van der Waals surface area contributed by atoms with Gasteiger partial charge in [-0.3, -0.25) is 4.90 Å². The molecule has 0 saturated heterocycles. The van der Waals surface area contributed by atoms with Crippen molar-refractivity contribution < 1.29 is 0 Å². The molecular weight excluding hydrogens is 801 g/mol. The van der Waals surface area contributed by atoms with Crippen molar-refractivity contribution in [1.82, 2.24) is 4.98 Å². The third kappa shape index (κ3) is 5.74. The Kier molecular flexibility index (Phi) is 9.29. The zero-order valence-corrected chi connectivity index (χ0v) is 36.0. The molecule has 2 aliphatic heterocycles. The maximum Gasteiger partial charge on any atom is 0.137 e. The average Bonchev–Trinajstić information content (AvgIpc) is 3.40. The number of hydrogen-bond donors (Lipinski definition) is 0. The van der Waals surface area contributed by atoms with Gasteiger partial charge < -0.3 is 4.90 Å². The first-order valence-electron chi connectivity index (χ1n) is 22.4. The molecule has 0 unspecified atom stereocenters. The maximum atomic E-state index is 10.4. The van der Waals surface area contributed by atoms with Crippen LogP contribution in [0.3, 0.4) is 0 Å². The van der Waals surface area contributed by atoms with Crippen LogP contribution in [-0.2, 0) is 10.8 Å². The first kappa shape index (κ1) is 38.9. The molecule has 10 aromatic rings. The number of para-hydroxylation sites is 4. The predicted molar refractivity (Wildman–Crippen MR) is 267 cm³/mol. The van der Waals surface area contributed by atoms with Gasteiger partial charge in [0.05, 0.1) is 50.9 Å². The van der Waals surface area contributed by atoms with E-state index in [1.54, 1.807) is 0 Å². The van der Waals surface area contributed by atoms with E-state index in [2.05, 4.69) is 252 Å². The van der Waals surface area contributed by atoms with Crippen LogP contribution >= 0.6 is 0 Å². The lowest BCUT2D eigenvalue weighted by Gasteiger charge is -2.46. The molecule has 0 N–H and O–H groups in total. The molecule has 0 bridgehead atoms. The number of rotatable bonds is 7. The van der Waals surface area contributed by atoms with E-state index < -0.39 is 10.8 Å². The number of hydrogen-bond acceptors (Lipinski definition) is 4. The molecule has 66 heavy (non-hydrogen) atoms. The number of nitriles is 1. The Hall–Kier alpha value is -8.78. The second-order valence-electron chi connectivity index (χ2n) is 17.0. The minimum absolute atomic E-state index is 0.571. The Morgan fingerprint density at radius 1 is 0.348 bits per heavy atom. The highest BCUT2D eigenvalue weighted by molar-refractivity contribution is 5.95. The van der Waals surface area contributed by atoms with Gasteiger partial charge in [0, 0.05) is 17.3 Å². The second-order valence-corrected chi connectivity index (χ2v) is 17.0. The zero-order valence-electron chi connectivity index (χ0n) is 36.0. The third-order valence-corrected chi connectivity index (χ3v) is 13.7. The lowest BCUT2D eigenvalue weighted by Crippen LogP contribution is -2.37. The van der Waals surface area contributed by atoms with Crippen molar-refractivity contribution in [3.05, 3.63) is 305 Å². The van der Waals surface area contributed by atoms with E-state index >= 15 is 0 Å². The van der Waals surface area contributed by atoms with Crippen LogP contribution < -0.4 is 9.80 Å². The highest BCUT2D eigenvalue weighted by Gasteiger charge is 2.48. The Morgan fingerprint density at radius 2 is 0.712 bits per heavy atom. The van der Waals surface area contributed by atoms with Crippen molar-refractivity contribution in [3.8, 4) is 17.2 Å². The smallest absolute Gasteiger partial charge is 0.137 e. The fraction of sp³-hybridized carbons (Fsp3) is 0.0323. The van der Waals surface area contributed by atoms with Crippen LogP contribution in [0.15, 0.2) is 255 Å². The predicted octanol–water partition coefficient (Wildman–Crippen LogP) is 15.0. The molecule has 9 aromatic carbocycles. The average molecular weight is 843 g/mol. The van der Waals surface area contributed by atoms with Gasteiger partial charge in [-0.15, -0.1) is 0 Å². The first-order chi connectivity index (χ1) is 32.7. The summed E-state index contributed by atoms with van der Waals surface area (Å²) in [5, 5.41) is 10.4. The lowest BCUT2D eigenvalue weighted by molar-refractivity contribution is 0.730. The van der Waals surface area contributed by atoms with Gasteiger partial charge in [-0.25, -0.2) is 4.98 Å². The molecule has 4 nitrogen and oxygen atoms in total.